The summed E-state index contributed by atoms with van der Waals surface area (Å²) in [5.41, 5.74) is 4.36. The van der Waals surface area contributed by atoms with E-state index in [1.54, 1.807) is 11.8 Å². The minimum Gasteiger partial charge on any atom is -0.371 e. The molecule has 175 valence electrons. The van der Waals surface area contributed by atoms with Crippen molar-refractivity contribution in [1.82, 2.24) is 5.32 Å². The molecule has 33 heavy (non-hydrogen) atoms. The molecule has 3 aromatic rings. The average Bonchev–Trinajstić information content (AvgIpc) is 2.79. The second-order valence-electron chi connectivity index (χ2n) is 7.31. The Balaban J connectivity index is 0.000000414. The SMILES string of the molecule is Brc1ccccc1[CH2][Sn]([CH2]c1ccccc1Br)[CH2]c1ccccc1Br.CCNC(=S)SCC. The van der Waals surface area contributed by atoms with Crippen molar-refractivity contribution >= 4 is 95.8 Å². The van der Waals surface area contributed by atoms with Crippen LogP contribution < -0.4 is 5.32 Å². The normalized spacial score (nSPS) is 10.5. The van der Waals surface area contributed by atoms with E-state index in [-0.39, 0.29) is 0 Å². The minimum atomic E-state index is -1.76. The predicted molar refractivity (Wildman–Crippen MR) is 164 cm³/mol. The molecule has 0 bridgehead atoms. The van der Waals surface area contributed by atoms with Crippen LogP contribution in [-0.2, 0) is 13.3 Å². The van der Waals surface area contributed by atoms with Crippen LogP contribution in [0.4, 0.5) is 0 Å². The summed E-state index contributed by atoms with van der Waals surface area (Å²) in [6.45, 7) is 5.07. The number of thioether (sulfide) groups is 1. The van der Waals surface area contributed by atoms with Crippen LogP contribution in [0.2, 0.25) is 0 Å². The van der Waals surface area contributed by atoms with E-state index in [1.807, 2.05) is 6.92 Å². The van der Waals surface area contributed by atoms with Crippen molar-refractivity contribution in [3.63, 3.8) is 0 Å². The fourth-order valence-electron chi connectivity index (χ4n) is 3.25. The van der Waals surface area contributed by atoms with Gasteiger partial charge in [0, 0.05) is 6.54 Å². The first-order chi connectivity index (χ1) is 15.9. The van der Waals surface area contributed by atoms with E-state index < -0.39 is 19.8 Å². The average molecular weight is 778 g/mol. The molecule has 0 atom stereocenters. The van der Waals surface area contributed by atoms with Gasteiger partial charge in [0.15, 0.2) is 0 Å². The molecular weight excluding hydrogens is 749 g/mol. The van der Waals surface area contributed by atoms with Crippen LogP contribution in [0.25, 0.3) is 0 Å². The Kier molecular flexibility index (Phi) is 14.9. The van der Waals surface area contributed by atoms with Crippen molar-refractivity contribution < 1.29 is 0 Å². The molecule has 0 saturated heterocycles. The van der Waals surface area contributed by atoms with Gasteiger partial charge in [-0.15, -0.1) is 0 Å². The summed E-state index contributed by atoms with van der Waals surface area (Å²) in [4.78, 5) is 0. The van der Waals surface area contributed by atoms with Crippen molar-refractivity contribution in [3.8, 4) is 0 Å². The molecule has 3 aromatic carbocycles. The van der Waals surface area contributed by atoms with E-state index in [9.17, 15) is 0 Å². The summed E-state index contributed by atoms with van der Waals surface area (Å²) in [5.74, 6) is 1.06. The Morgan fingerprint density at radius 3 is 1.39 bits per heavy atom. The van der Waals surface area contributed by atoms with Crippen molar-refractivity contribution in [2.75, 3.05) is 12.3 Å². The summed E-state index contributed by atoms with van der Waals surface area (Å²) in [6, 6.07) is 26.0. The first-order valence-electron chi connectivity index (χ1n) is 10.9. The van der Waals surface area contributed by atoms with Gasteiger partial charge in [-0.1, -0.05) is 30.9 Å². The number of nitrogens with one attached hydrogen (secondary N) is 1. The monoisotopic (exact) mass is 776 g/mol. The Morgan fingerprint density at radius 2 is 1.09 bits per heavy atom. The van der Waals surface area contributed by atoms with E-state index in [0.717, 1.165) is 16.6 Å². The molecule has 0 fully saturated rings. The van der Waals surface area contributed by atoms with Gasteiger partial charge in [0.25, 0.3) is 0 Å². The molecule has 1 nitrogen and oxygen atoms in total. The van der Waals surface area contributed by atoms with Gasteiger partial charge in [-0.25, -0.2) is 0 Å². The Hall–Kier alpha value is 0.139. The molecule has 0 aliphatic heterocycles. The molecule has 7 heteroatoms. The zero-order chi connectivity index (χ0) is 24.1. The maximum Gasteiger partial charge on any atom is 0.133 e. The van der Waals surface area contributed by atoms with Crippen LogP contribution >= 0.6 is 71.8 Å². The van der Waals surface area contributed by atoms with Crippen molar-refractivity contribution in [1.29, 1.82) is 0 Å². The molecule has 1 radical (unpaired) electrons. The number of rotatable bonds is 8. The number of benzene rings is 3. The Labute approximate surface area is 241 Å². The molecule has 1 N–H and O–H groups in total. The van der Waals surface area contributed by atoms with Crippen LogP contribution in [0, 0.1) is 0 Å². The molecule has 0 aliphatic carbocycles. The number of thiocarbonyl (C=S) groups is 1. The first kappa shape index (κ1) is 29.4. The van der Waals surface area contributed by atoms with Crippen LogP contribution in [0.3, 0.4) is 0 Å². The van der Waals surface area contributed by atoms with E-state index in [0.29, 0.717) is 0 Å². The maximum absolute atomic E-state index is 4.90. The third kappa shape index (κ3) is 11.2. The van der Waals surface area contributed by atoms with E-state index in [1.165, 1.54) is 43.4 Å². The second-order valence-corrected chi connectivity index (χ2v) is 19.1. The van der Waals surface area contributed by atoms with Gasteiger partial charge in [0.2, 0.25) is 0 Å². The molecular formula is C26H29Br3NS2Sn. The summed E-state index contributed by atoms with van der Waals surface area (Å²) in [6.07, 6.45) is 0. The summed E-state index contributed by atoms with van der Waals surface area (Å²) in [7, 11) is 0. The van der Waals surface area contributed by atoms with E-state index in [2.05, 4.69) is 133 Å². The fraction of sp³-hybridized carbons (Fsp3) is 0.269. The molecule has 0 unspecified atom stereocenters. The number of hydrogen-bond acceptors (Lipinski definition) is 2. The number of halogens is 3. The van der Waals surface area contributed by atoms with Crippen LogP contribution in [0.1, 0.15) is 30.5 Å². The number of hydrogen-bond donors (Lipinski definition) is 1. The van der Waals surface area contributed by atoms with Gasteiger partial charge in [-0.2, -0.15) is 0 Å². The first-order valence-corrected chi connectivity index (χ1v) is 20.7. The quantitative estimate of drug-likeness (QED) is 0.182. The fourth-order valence-corrected chi connectivity index (χ4v) is 16.1. The van der Waals surface area contributed by atoms with Crippen molar-refractivity contribution in [2.24, 2.45) is 0 Å². The molecule has 0 amide bonds. The minimum absolute atomic E-state index is 0.912. The van der Waals surface area contributed by atoms with Crippen molar-refractivity contribution in [2.45, 2.75) is 27.2 Å². The largest absolute Gasteiger partial charge is 0.371 e. The van der Waals surface area contributed by atoms with E-state index in [4.69, 9.17) is 12.2 Å². The van der Waals surface area contributed by atoms with Gasteiger partial charge in [0.05, 0.1) is 0 Å². The standard InChI is InChI=1S/3C7H6Br.C5H11NS2.Sn/c3*1-6-4-2-3-5-7(6)8;1-3-6-5(7)8-4-2;/h3*2-5H,1H2;3-4H2,1-2H3,(H,6,7);. The molecule has 3 rings (SSSR count). The van der Waals surface area contributed by atoms with Crippen LogP contribution in [0.15, 0.2) is 86.2 Å². The molecule has 0 aromatic heterocycles. The van der Waals surface area contributed by atoms with Crippen LogP contribution in [-0.4, -0.2) is 36.4 Å². The molecule has 0 heterocycles. The van der Waals surface area contributed by atoms with Gasteiger partial charge in [-0.3, -0.25) is 0 Å². The second kappa shape index (κ2) is 16.7. The van der Waals surface area contributed by atoms with Gasteiger partial charge in [0.1, 0.15) is 4.32 Å². The summed E-state index contributed by atoms with van der Waals surface area (Å²) < 4.78 is 8.37. The third-order valence-electron chi connectivity index (χ3n) is 4.79. The zero-order valence-electron chi connectivity index (χ0n) is 18.9. The zero-order valence-corrected chi connectivity index (χ0v) is 28.2. The predicted octanol–water partition coefficient (Wildman–Crippen LogP) is 8.75. The molecule has 0 aliphatic rings. The van der Waals surface area contributed by atoms with Crippen LogP contribution in [0.5, 0.6) is 0 Å². The topological polar surface area (TPSA) is 12.0 Å². The molecule has 0 saturated carbocycles. The van der Waals surface area contributed by atoms with E-state index >= 15 is 0 Å². The van der Waals surface area contributed by atoms with Gasteiger partial charge in [-0.05, 0) is 12.7 Å². The summed E-state index contributed by atoms with van der Waals surface area (Å²) in [5, 5.41) is 3.04. The Morgan fingerprint density at radius 1 is 0.727 bits per heavy atom. The van der Waals surface area contributed by atoms with Gasteiger partial charge >= 0.3 is 184 Å². The summed E-state index contributed by atoms with van der Waals surface area (Å²) >= 11 is 16.0. The van der Waals surface area contributed by atoms with Crippen molar-refractivity contribution in [3.05, 3.63) is 103 Å². The Bertz CT molecular complexity index is 895. The molecule has 0 spiro atoms. The van der Waals surface area contributed by atoms with Gasteiger partial charge < -0.3 is 5.32 Å². The third-order valence-corrected chi connectivity index (χ3v) is 15.8. The maximum atomic E-state index is 4.90. The smallest absolute Gasteiger partial charge is 0.133 e.